The molecule has 0 saturated heterocycles. The van der Waals surface area contributed by atoms with E-state index in [4.69, 9.17) is 4.42 Å². The summed E-state index contributed by atoms with van der Waals surface area (Å²) in [6.45, 7) is -2.91. The van der Waals surface area contributed by atoms with Crippen molar-refractivity contribution in [3.05, 3.63) is 108 Å². The van der Waals surface area contributed by atoms with Crippen LogP contribution in [0.2, 0.25) is 0 Å². The number of carbonyl (C=O) groups is 1. The predicted octanol–water partition coefficient (Wildman–Crippen LogP) is 5.92. The SMILES string of the molecule is O=C(CCc1ncc(-c2ccccc2F)o1)NC(c1ccccc1)c1ccc(OC(F)F)cc1. The van der Waals surface area contributed by atoms with E-state index in [0.29, 0.717) is 22.8 Å². The molecule has 5 nitrogen and oxygen atoms in total. The molecule has 1 aromatic heterocycles. The average molecular weight is 466 g/mol. The molecule has 0 saturated carbocycles. The Morgan fingerprint density at radius 1 is 0.941 bits per heavy atom. The summed E-state index contributed by atoms with van der Waals surface area (Å²) in [5.41, 5.74) is 1.84. The van der Waals surface area contributed by atoms with E-state index >= 15 is 0 Å². The molecule has 0 aliphatic heterocycles. The number of benzene rings is 3. The van der Waals surface area contributed by atoms with Gasteiger partial charge in [0.25, 0.3) is 0 Å². The van der Waals surface area contributed by atoms with E-state index in [1.807, 2.05) is 30.3 Å². The van der Waals surface area contributed by atoms with Gasteiger partial charge in [-0.15, -0.1) is 0 Å². The summed E-state index contributed by atoms with van der Waals surface area (Å²) in [6.07, 6.45) is 1.75. The second kappa shape index (κ2) is 10.7. The maximum Gasteiger partial charge on any atom is 0.387 e. The predicted molar refractivity (Wildman–Crippen MR) is 120 cm³/mol. The Morgan fingerprint density at radius 3 is 2.32 bits per heavy atom. The summed E-state index contributed by atoms with van der Waals surface area (Å²) in [5.74, 6) is -0.0302. The highest BCUT2D eigenvalue weighted by molar-refractivity contribution is 5.77. The minimum atomic E-state index is -2.91. The number of hydrogen-bond acceptors (Lipinski definition) is 4. The molecule has 34 heavy (non-hydrogen) atoms. The third kappa shape index (κ3) is 5.83. The second-order valence-electron chi connectivity index (χ2n) is 7.46. The average Bonchev–Trinajstić information content (AvgIpc) is 3.31. The van der Waals surface area contributed by atoms with Crippen LogP contribution >= 0.6 is 0 Å². The van der Waals surface area contributed by atoms with E-state index in [1.54, 1.807) is 30.3 Å². The maximum absolute atomic E-state index is 14.0. The molecule has 1 heterocycles. The van der Waals surface area contributed by atoms with Gasteiger partial charge in [-0.05, 0) is 35.4 Å². The normalized spacial score (nSPS) is 11.9. The van der Waals surface area contributed by atoms with Crippen LogP contribution in [0.1, 0.15) is 29.5 Å². The Balaban J connectivity index is 1.44. The lowest BCUT2D eigenvalue weighted by atomic mass is 9.98. The molecule has 1 unspecified atom stereocenters. The van der Waals surface area contributed by atoms with E-state index in [1.165, 1.54) is 24.4 Å². The van der Waals surface area contributed by atoms with Crippen molar-refractivity contribution in [3.8, 4) is 17.1 Å². The minimum Gasteiger partial charge on any atom is -0.441 e. The summed E-state index contributed by atoms with van der Waals surface area (Å²) >= 11 is 0. The molecule has 0 spiro atoms. The lowest BCUT2D eigenvalue weighted by Crippen LogP contribution is -2.29. The fraction of sp³-hybridized carbons (Fsp3) is 0.154. The molecule has 0 aliphatic rings. The van der Waals surface area contributed by atoms with E-state index in [-0.39, 0.29) is 24.5 Å². The Bertz CT molecular complexity index is 1230. The van der Waals surface area contributed by atoms with E-state index < -0.39 is 18.5 Å². The summed E-state index contributed by atoms with van der Waals surface area (Å²) in [7, 11) is 0. The number of oxazole rings is 1. The summed E-state index contributed by atoms with van der Waals surface area (Å²) in [5, 5.41) is 2.97. The number of rotatable bonds is 9. The van der Waals surface area contributed by atoms with Crippen LogP contribution in [0.4, 0.5) is 13.2 Å². The molecule has 3 aromatic carbocycles. The maximum atomic E-state index is 14.0. The number of aryl methyl sites for hydroxylation is 1. The quantitative estimate of drug-likeness (QED) is 0.333. The second-order valence-corrected chi connectivity index (χ2v) is 7.46. The number of ether oxygens (including phenoxy) is 1. The third-order valence-corrected chi connectivity index (χ3v) is 5.14. The van der Waals surface area contributed by atoms with E-state index in [2.05, 4.69) is 15.0 Å². The highest BCUT2D eigenvalue weighted by Crippen LogP contribution is 2.26. The first kappa shape index (κ1) is 23.1. The highest BCUT2D eigenvalue weighted by Gasteiger charge is 2.18. The third-order valence-electron chi connectivity index (χ3n) is 5.14. The summed E-state index contributed by atoms with van der Waals surface area (Å²) in [4.78, 5) is 16.9. The van der Waals surface area contributed by atoms with Gasteiger partial charge in [0, 0.05) is 12.8 Å². The van der Waals surface area contributed by atoms with E-state index in [9.17, 15) is 18.0 Å². The van der Waals surface area contributed by atoms with Crippen molar-refractivity contribution < 1.29 is 27.1 Å². The Morgan fingerprint density at radius 2 is 1.62 bits per heavy atom. The molecule has 0 radical (unpaired) electrons. The fourth-order valence-electron chi connectivity index (χ4n) is 3.51. The molecule has 8 heteroatoms. The Kier molecular flexibility index (Phi) is 7.27. The van der Waals surface area contributed by atoms with Crippen LogP contribution in [-0.2, 0) is 11.2 Å². The number of nitrogens with one attached hydrogen (secondary N) is 1. The van der Waals surface area contributed by atoms with Crippen LogP contribution in [0.25, 0.3) is 11.3 Å². The van der Waals surface area contributed by atoms with Crippen LogP contribution in [0.3, 0.4) is 0 Å². The van der Waals surface area contributed by atoms with Crippen LogP contribution in [-0.4, -0.2) is 17.5 Å². The number of alkyl halides is 2. The molecule has 0 bridgehead atoms. The van der Waals surface area contributed by atoms with Gasteiger partial charge in [0.05, 0.1) is 17.8 Å². The first-order valence-corrected chi connectivity index (χ1v) is 10.6. The van der Waals surface area contributed by atoms with Crippen molar-refractivity contribution in [1.29, 1.82) is 0 Å². The van der Waals surface area contributed by atoms with Crippen LogP contribution in [0.15, 0.2) is 89.5 Å². The molecule has 0 fully saturated rings. The highest BCUT2D eigenvalue weighted by atomic mass is 19.3. The lowest BCUT2D eigenvalue weighted by molar-refractivity contribution is -0.121. The number of carbonyl (C=O) groups excluding carboxylic acids is 1. The smallest absolute Gasteiger partial charge is 0.387 e. The number of amides is 1. The Hall–Kier alpha value is -4.07. The number of aromatic nitrogens is 1. The molecule has 0 aliphatic carbocycles. The summed E-state index contributed by atoms with van der Waals surface area (Å²) in [6, 6.07) is 21.1. The van der Waals surface area contributed by atoms with Gasteiger partial charge in [0.15, 0.2) is 11.7 Å². The molecular weight excluding hydrogens is 445 g/mol. The van der Waals surface area contributed by atoms with Crippen LogP contribution in [0, 0.1) is 5.82 Å². The van der Waals surface area contributed by atoms with Gasteiger partial charge in [0.2, 0.25) is 5.91 Å². The van der Waals surface area contributed by atoms with Crippen molar-refractivity contribution in [3.63, 3.8) is 0 Å². The van der Waals surface area contributed by atoms with Crippen LogP contribution < -0.4 is 10.1 Å². The first-order valence-electron chi connectivity index (χ1n) is 10.6. The standard InChI is InChI=1S/C26H21F3N2O3/c27-21-9-5-4-8-20(21)22-16-30-24(34-22)15-14-23(32)31-25(17-6-2-1-3-7-17)18-10-12-19(13-11-18)33-26(28)29/h1-13,16,25-26H,14-15H2,(H,31,32). The van der Waals surface area contributed by atoms with E-state index in [0.717, 1.165) is 5.56 Å². The summed E-state index contributed by atoms with van der Waals surface area (Å²) < 4.78 is 48.9. The van der Waals surface area contributed by atoms with Gasteiger partial charge >= 0.3 is 6.61 Å². The molecular formula is C26H21F3N2O3. The first-order chi connectivity index (χ1) is 16.5. The van der Waals surface area contributed by atoms with Gasteiger partial charge in [-0.1, -0.05) is 54.6 Å². The number of nitrogens with zero attached hydrogens (tertiary/aromatic N) is 1. The van der Waals surface area contributed by atoms with Gasteiger partial charge in [-0.3, -0.25) is 4.79 Å². The molecule has 174 valence electrons. The molecule has 4 rings (SSSR count). The number of halogens is 3. The molecule has 4 aromatic rings. The van der Waals surface area contributed by atoms with Gasteiger partial charge in [0.1, 0.15) is 11.6 Å². The largest absolute Gasteiger partial charge is 0.441 e. The Labute approximate surface area is 194 Å². The van der Waals surface area contributed by atoms with Crippen molar-refractivity contribution in [2.24, 2.45) is 0 Å². The van der Waals surface area contributed by atoms with Gasteiger partial charge < -0.3 is 14.5 Å². The zero-order valence-corrected chi connectivity index (χ0v) is 18.0. The van der Waals surface area contributed by atoms with Crippen molar-refractivity contribution in [2.75, 3.05) is 0 Å². The zero-order chi connectivity index (χ0) is 23.9. The van der Waals surface area contributed by atoms with Crippen LogP contribution in [0.5, 0.6) is 5.75 Å². The van der Waals surface area contributed by atoms with Gasteiger partial charge in [-0.2, -0.15) is 8.78 Å². The van der Waals surface area contributed by atoms with Crippen molar-refractivity contribution in [1.82, 2.24) is 10.3 Å². The van der Waals surface area contributed by atoms with Gasteiger partial charge in [-0.25, -0.2) is 9.37 Å². The molecule has 1 N–H and O–H groups in total. The monoisotopic (exact) mass is 466 g/mol. The minimum absolute atomic E-state index is 0.0337. The van der Waals surface area contributed by atoms with Crippen molar-refractivity contribution >= 4 is 5.91 Å². The van der Waals surface area contributed by atoms with Crippen molar-refractivity contribution in [2.45, 2.75) is 25.5 Å². The number of hydrogen-bond donors (Lipinski definition) is 1. The topological polar surface area (TPSA) is 64.4 Å². The molecule has 1 atom stereocenters. The lowest BCUT2D eigenvalue weighted by Gasteiger charge is -2.20. The molecule has 1 amide bonds. The zero-order valence-electron chi connectivity index (χ0n) is 18.0. The fourth-order valence-corrected chi connectivity index (χ4v) is 3.51.